The van der Waals surface area contributed by atoms with Crippen molar-refractivity contribution in [3.05, 3.63) is 53.2 Å². The normalized spacial score (nSPS) is 15.9. The van der Waals surface area contributed by atoms with Gasteiger partial charge in [0.25, 0.3) is 5.91 Å². The monoisotopic (exact) mass is 435 g/mol. The molecule has 3 rings (SSSR count). The van der Waals surface area contributed by atoms with Crippen molar-refractivity contribution in [3.63, 3.8) is 0 Å². The van der Waals surface area contributed by atoms with Gasteiger partial charge in [-0.2, -0.15) is 0 Å². The van der Waals surface area contributed by atoms with Crippen LogP contribution in [0.3, 0.4) is 0 Å². The minimum Gasteiger partial charge on any atom is -0.368 e. The number of carbonyl (C=O) groups is 1. The van der Waals surface area contributed by atoms with Crippen LogP contribution < -0.4 is 4.90 Å². The van der Waals surface area contributed by atoms with Gasteiger partial charge in [-0.25, -0.2) is 13.4 Å². The van der Waals surface area contributed by atoms with Crippen LogP contribution in [0.4, 0.5) is 5.69 Å². The lowest BCUT2D eigenvalue weighted by atomic mass is 10.2. The fourth-order valence-electron chi connectivity index (χ4n) is 3.22. The molecule has 0 unspecified atom stereocenters. The summed E-state index contributed by atoms with van der Waals surface area (Å²) in [5.41, 5.74) is 1.37. The Balaban J connectivity index is 1.71. The van der Waals surface area contributed by atoms with E-state index in [0.717, 1.165) is 18.7 Å². The zero-order valence-corrected chi connectivity index (χ0v) is 18.5. The van der Waals surface area contributed by atoms with Crippen molar-refractivity contribution < 1.29 is 13.2 Å². The predicted octanol–water partition coefficient (Wildman–Crippen LogP) is 3.66. The summed E-state index contributed by atoms with van der Waals surface area (Å²) >= 11 is 6.17. The van der Waals surface area contributed by atoms with Gasteiger partial charge in [0.2, 0.25) is 0 Å². The topological polar surface area (TPSA) is 70.6 Å². The molecule has 6 nitrogen and oxygen atoms in total. The van der Waals surface area contributed by atoms with Gasteiger partial charge in [0, 0.05) is 26.2 Å². The first-order valence-corrected chi connectivity index (χ1v) is 11.5. The van der Waals surface area contributed by atoms with E-state index in [1.165, 1.54) is 0 Å². The molecule has 0 radical (unpaired) electrons. The number of anilines is 1. The number of benzene rings is 1. The summed E-state index contributed by atoms with van der Waals surface area (Å²) in [6.45, 7) is 7.60. The average molecular weight is 436 g/mol. The molecule has 1 aromatic carbocycles. The van der Waals surface area contributed by atoms with Crippen LogP contribution in [0.25, 0.3) is 0 Å². The van der Waals surface area contributed by atoms with Crippen molar-refractivity contribution in [2.75, 3.05) is 31.1 Å². The number of amides is 1. The van der Waals surface area contributed by atoms with Gasteiger partial charge < -0.3 is 9.80 Å². The van der Waals surface area contributed by atoms with Crippen LogP contribution in [0.15, 0.2) is 47.6 Å². The first-order chi connectivity index (χ1) is 13.6. The van der Waals surface area contributed by atoms with Crippen molar-refractivity contribution >= 4 is 33.0 Å². The molecule has 8 heteroatoms. The second kappa shape index (κ2) is 8.32. The third kappa shape index (κ3) is 4.56. The van der Waals surface area contributed by atoms with E-state index in [2.05, 4.69) is 9.88 Å². The molecule has 2 heterocycles. The van der Waals surface area contributed by atoms with Crippen LogP contribution in [-0.2, 0) is 9.84 Å². The van der Waals surface area contributed by atoms with Crippen LogP contribution in [0.2, 0.25) is 5.02 Å². The molecule has 0 atom stereocenters. The highest BCUT2D eigenvalue weighted by molar-refractivity contribution is 7.92. The summed E-state index contributed by atoms with van der Waals surface area (Å²) in [6, 6.07) is 10.4. The van der Waals surface area contributed by atoms with Crippen molar-refractivity contribution in [1.29, 1.82) is 0 Å². The van der Waals surface area contributed by atoms with E-state index in [4.69, 9.17) is 11.6 Å². The molecule has 156 valence electrons. The van der Waals surface area contributed by atoms with Gasteiger partial charge in [-0.1, -0.05) is 23.7 Å². The largest absolute Gasteiger partial charge is 0.368 e. The summed E-state index contributed by atoms with van der Waals surface area (Å²) in [5, 5.41) is 0.539. The van der Waals surface area contributed by atoms with Gasteiger partial charge in [0.15, 0.2) is 14.9 Å². The number of hydrogen-bond donors (Lipinski definition) is 0. The van der Waals surface area contributed by atoms with Crippen LogP contribution in [-0.4, -0.2) is 55.1 Å². The van der Waals surface area contributed by atoms with Crippen molar-refractivity contribution in [3.8, 4) is 0 Å². The number of rotatable bonds is 3. The molecule has 29 heavy (non-hydrogen) atoms. The molecule has 0 bridgehead atoms. The van der Waals surface area contributed by atoms with E-state index >= 15 is 0 Å². The summed E-state index contributed by atoms with van der Waals surface area (Å²) < 4.78 is 24.2. The number of nitrogens with zero attached hydrogens (tertiary/aromatic N) is 3. The van der Waals surface area contributed by atoms with Crippen LogP contribution >= 0.6 is 11.6 Å². The van der Waals surface area contributed by atoms with Crippen LogP contribution in [0, 0.1) is 0 Å². The molecule has 1 amide bonds. The Bertz CT molecular complexity index is 985. The molecular weight excluding hydrogens is 410 g/mol. The maximum Gasteiger partial charge on any atom is 0.255 e. The predicted molar refractivity (Wildman–Crippen MR) is 115 cm³/mol. The minimum atomic E-state index is -3.48. The number of pyridine rings is 1. The fraction of sp³-hybridized carbons (Fsp3) is 0.429. The first kappa shape index (κ1) is 21.6. The maximum absolute atomic E-state index is 12.8. The summed E-state index contributed by atoms with van der Waals surface area (Å²) in [6.07, 6.45) is 2.41. The fourth-order valence-corrected chi connectivity index (χ4v) is 4.50. The zero-order valence-electron chi connectivity index (χ0n) is 16.9. The summed E-state index contributed by atoms with van der Waals surface area (Å²) in [7, 11) is -3.48. The molecule has 0 N–H and O–H groups in total. The highest BCUT2D eigenvalue weighted by Gasteiger charge is 2.32. The quantitative estimate of drug-likeness (QED) is 0.735. The summed E-state index contributed by atoms with van der Waals surface area (Å²) in [5.74, 6) is -0.0674. The van der Waals surface area contributed by atoms with E-state index in [0.29, 0.717) is 30.2 Å². The molecule has 0 saturated carbocycles. The zero-order chi connectivity index (χ0) is 21.2. The highest BCUT2D eigenvalue weighted by atomic mass is 35.5. The Morgan fingerprint density at radius 2 is 1.76 bits per heavy atom. The second-order valence-electron chi connectivity index (χ2n) is 8.08. The van der Waals surface area contributed by atoms with Gasteiger partial charge in [-0.15, -0.1) is 0 Å². The van der Waals surface area contributed by atoms with Crippen molar-refractivity contribution in [1.82, 2.24) is 9.88 Å². The number of carbonyl (C=O) groups excluding carboxylic acids is 1. The molecule has 1 fully saturated rings. The van der Waals surface area contributed by atoms with Crippen LogP contribution in [0.5, 0.6) is 0 Å². The van der Waals surface area contributed by atoms with E-state index in [1.54, 1.807) is 57.3 Å². The standard InChI is InChI=1S/C21H26ClN3O3S/c1-21(2,3)29(27,28)19-10-9-16(15-23-19)24-11-6-12-25(14-13-24)20(26)17-7-4-5-8-18(17)22/h4-5,7-10,15H,6,11-14H2,1-3H3. The maximum atomic E-state index is 12.8. The first-order valence-electron chi connectivity index (χ1n) is 9.61. The molecular formula is C21H26ClN3O3S. The highest BCUT2D eigenvalue weighted by Crippen LogP contribution is 2.25. The molecule has 1 aliphatic rings. The summed E-state index contributed by atoms with van der Waals surface area (Å²) in [4.78, 5) is 21.0. The third-order valence-corrected chi connectivity index (χ3v) is 7.79. The second-order valence-corrected chi connectivity index (χ2v) is 11.1. The third-order valence-electron chi connectivity index (χ3n) is 5.05. The number of halogens is 1. The lowest BCUT2D eigenvalue weighted by Gasteiger charge is -2.24. The van der Waals surface area contributed by atoms with Crippen molar-refractivity contribution in [2.45, 2.75) is 37.0 Å². The molecule has 1 aromatic heterocycles. The van der Waals surface area contributed by atoms with Gasteiger partial charge >= 0.3 is 0 Å². The minimum absolute atomic E-state index is 0.0674. The Morgan fingerprint density at radius 1 is 1.03 bits per heavy atom. The van der Waals surface area contributed by atoms with Gasteiger partial charge in [0.05, 0.1) is 27.2 Å². The van der Waals surface area contributed by atoms with E-state index in [-0.39, 0.29) is 10.9 Å². The molecule has 1 aliphatic heterocycles. The Labute approximate surface area is 177 Å². The lowest BCUT2D eigenvalue weighted by Crippen LogP contribution is -2.35. The van der Waals surface area contributed by atoms with Gasteiger partial charge in [-0.3, -0.25) is 4.79 Å². The van der Waals surface area contributed by atoms with E-state index in [1.807, 2.05) is 11.0 Å². The van der Waals surface area contributed by atoms with Crippen molar-refractivity contribution in [2.24, 2.45) is 0 Å². The Morgan fingerprint density at radius 3 is 2.38 bits per heavy atom. The lowest BCUT2D eigenvalue weighted by molar-refractivity contribution is 0.0767. The van der Waals surface area contributed by atoms with Crippen LogP contribution in [0.1, 0.15) is 37.6 Å². The molecule has 2 aromatic rings. The Kier molecular flexibility index (Phi) is 6.19. The van der Waals surface area contributed by atoms with Gasteiger partial charge in [0.1, 0.15) is 0 Å². The smallest absolute Gasteiger partial charge is 0.255 e. The average Bonchev–Trinajstić information content (AvgIpc) is 2.93. The number of aromatic nitrogens is 1. The van der Waals surface area contributed by atoms with E-state index in [9.17, 15) is 13.2 Å². The molecule has 1 saturated heterocycles. The number of hydrogen-bond acceptors (Lipinski definition) is 5. The Hall–Kier alpha value is -2.12. The van der Waals surface area contributed by atoms with E-state index < -0.39 is 14.6 Å². The molecule has 0 aliphatic carbocycles. The number of sulfone groups is 1. The SMILES string of the molecule is CC(C)(C)S(=O)(=O)c1ccc(N2CCCN(C(=O)c3ccccc3Cl)CC2)cn1. The van der Waals surface area contributed by atoms with Gasteiger partial charge in [-0.05, 0) is 51.5 Å². The molecule has 0 spiro atoms.